The molecule has 0 aromatic heterocycles. The average Bonchev–Trinajstić information content (AvgIpc) is 2.27. The molecule has 0 atom stereocenters. The average molecular weight is 245 g/mol. The van der Waals surface area contributed by atoms with E-state index in [9.17, 15) is 18.0 Å². The minimum absolute atomic E-state index is 0.109. The lowest BCUT2D eigenvalue weighted by molar-refractivity contribution is -0.131. The molecule has 92 valence electrons. The topological polar surface area (TPSA) is 63.3 Å². The quantitative estimate of drug-likeness (QED) is 0.632. The molecule has 0 fully saturated rings. The molecule has 0 aliphatic carbocycles. The van der Waals surface area contributed by atoms with Crippen molar-refractivity contribution in [3.8, 4) is 0 Å². The van der Waals surface area contributed by atoms with Crippen molar-refractivity contribution in [1.82, 2.24) is 0 Å². The Morgan fingerprint density at radius 1 is 1.47 bits per heavy atom. The van der Waals surface area contributed by atoms with Gasteiger partial charge in [-0.2, -0.15) is 8.78 Å². The summed E-state index contributed by atoms with van der Waals surface area (Å²) in [7, 11) is 0. The van der Waals surface area contributed by atoms with Crippen LogP contribution in [0.3, 0.4) is 0 Å². The summed E-state index contributed by atoms with van der Waals surface area (Å²) >= 11 is 0. The van der Waals surface area contributed by atoms with Crippen molar-refractivity contribution in [2.24, 2.45) is 0 Å². The first-order chi connectivity index (χ1) is 7.86. The lowest BCUT2D eigenvalue weighted by Gasteiger charge is -2.13. The van der Waals surface area contributed by atoms with Crippen molar-refractivity contribution < 1.29 is 23.1 Å². The summed E-state index contributed by atoms with van der Waals surface area (Å²) < 4.78 is 38.2. The van der Waals surface area contributed by atoms with Gasteiger partial charge in [0.05, 0.1) is 0 Å². The molecule has 0 saturated heterocycles. The Balaban J connectivity index is 3.15. The highest BCUT2D eigenvalue weighted by molar-refractivity contribution is 5.86. The van der Waals surface area contributed by atoms with Crippen molar-refractivity contribution in [2.75, 3.05) is 12.4 Å². The number of carboxylic acid groups (broad SMARTS) is 1. The highest BCUT2D eigenvalue weighted by atomic mass is 19.3. The molecule has 3 nitrogen and oxygen atoms in total. The molecule has 17 heavy (non-hydrogen) atoms. The maximum Gasteiger partial charge on any atom is 0.328 e. The lowest BCUT2D eigenvalue weighted by Crippen LogP contribution is -2.16. The summed E-state index contributed by atoms with van der Waals surface area (Å²) in [6.45, 7) is -1.82. The van der Waals surface area contributed by atoms with E-state index in [1.807, 2.05) is 0 Å². The third-order valence-electron chi connectivity index (χ3n) is 2.08. The number of alkyl halides is 3. The van der Waals surface area contributed by atoms with Gasteiger partial charge in [0, 0.05) is 17.3 Å². The number of carbonyl (C=O) groups is 1. The largest absolute Gasteiger partial charge is 0.478 e. The normalized spacial score (nSPS) is 11.9. The van der Waals surface area contributed by atoms with Gasteiger partial charge in [-0.05, 0) is 23.8 Å². The summed E-state index contributed by atoms with van der Waals surface area (Å²) in [4.78, 5) is 10.3. The number of halogens is 3. The zero-order valence-corrected chi connectivity index (χ0v) is 8.66. The zero-order valence-electron chi connectivity index (χ0n) is 8.66. The second kappa shape index (κ2) is 4.90. The number of carboxylic acids is 1. The molecule has 0 spiro atoms. The number of hydrogen-bond donors (Lipinski definition) is 2. The monoisotopic (exact) mass is 245 g/mol. The van der Waals surface area contributed by atoms with E-state index in [0.717, 1.165) is 24.3 Å². The number of benzene rings is 1. The van der Waals surface area contributed by atoms with E-state index in [4.69, 9.17) is 10.8 Å². The van der Waals surface area contributed by atoms with E-state index >= 15 is 0 Å². The minimum atomic E-state index is -3.60. The number of hydrogen-bond acceptors (Lipinski definition) is 2. The Labute approximate surface area is 95.4 Å². The standard InChI is InChI=1S/C11H10F3NO2/c12-6-11(13,14)8-2-3-9(15)7(5-8)1-4-10(16)17/h1-5H,6,15H2,(H,16,17)/b4-1+. The molecule has 1 aromatic carbocycles. The van der Waals surface area contributed by atoms with E-state index < -0.39 is 24.1 Å². The summed E-state index contributed by atoms with van der Waals surface area (Å²) in [5, 5.41) is 8.41. The molecular weight excluding hydrogens is 235 g/mol. The van der Waals surface area contributed by atoms with Crippen LogP contribution in [-0.4, -0.2) is 17.8 Å². The Morgan fingerprint density at radius 2 is 2.12 bits per heavy atom. The second-order valence-corrected chi connectivity index (χ2v) is 3.35. The molecule has 0 radical (unpaired) electrons. The van der Waals surface area contributed by atoms with Crippen LogP contribution in [-0.2, 0) is 10.7 Å². The van der Waals surface area contributed by atoms with Gasteiger partial charge in [-0.25, -0.2) is 9.18 Å². The van der Waals surface area contributed by atoms with E-state index in [0.29, 0.717) is 0 Å². The SMILES string of the molecule is Nc1ccc(C(F)(F)CF)cc1/C=C/C(=O)O. The predicted molar refractivity (Wildman–Crippen MR) is 57.4 cm³/mol. The number of rotatable bonds is 4. The van der Waals surface area contributed by atoms with Gasteiger partial charge in [-0.15, -0.1) is 0 Å². The number of nitrogen functional groups attached to an aromatic ring is 1. The molecule has 0 bridgehead atoms. The first-order valence-corrected chi connectivity index (χ1v) is 4.61. The van der Waals surface area contributed by atoms with Crippen LogP contribution >= 0.6 is 0 Å². The molecule has 1 rings (SSSR count). The summed E-state index contributed by atoms with van der Waals surface area (Å²) in [5.74, 6) is -4.83. The smallest absolute Gasteiger partial charge is 0.328 e. The Morgan fingerprint density at radius 3 is 2.65 bits per heavy atom. The first kappa shape index (κ1) is 13.1. The molecule has 6 heteroatoms. The van der Waals surface area contributed by atoms with Gasteiger partial charge in [0.25, 0.3) is 0 Å². The molecule has 0 amide bonds. The van der Waals surface area contributed by atoms with Gasteiger partial charge in [0.15, 0.2) is 6.67 Å². The lowest BCUT2D eigenvalue weighted by atomic mass is 10.0. The van der Waals surface area contributed by atoms with Gasteiger partial charge in [0.1, 0.15) is 0 Å². The van der Waals surface area contributed by atoms with E-state index in [-0.39, 0.29) is 11.3 Å². The van der Waals surface area contributed by atoms with Gasteiger partial charge < -0.3 is 10.8 Å². The Hall–Kier alpha value is -1.98. The second-order valence-electron chi connectivity index (χ2n) is 3.35. The maximum absolute atomic E-state index is 13.0. The van der Waals surface area contributed by atoms with Crippen LogP contribution in [0.4, 0.5) is 18.9 Å². The van der Waals surface area contributed by atoms with Gasteiger partial charge >= 0.3 is 11.9 Å². The van der Waals surface area contributed by atoms with Gasteiger partial charge in [-0.1, -0.05) is 6.07 Å². The van der Waals surface area contributed by atoms with E-state index in [2.05, 4.69) is 0 Å². The fourth-order valence-electron chi connectivity index (χ4n) is 1.18. The van der Waals surface area contributed by atoms with Crippen molar-refractivity contribution in [1.29, 1.82) is 0 Å². The fourth-order valence-corrected chi connectivity index (χ4v) is 1.18. The van der Waals surface area contributed by atoms with Gasteiger partial charge in [-0.3, -0.25) is 0 Å². The molecule has 0 aliphatic rings. The van der Waals surface area contributed by atoms with Crippen molar-refractivity contribution in [3.05, 3.63) is 35.4 Å². The fraction of sp³-hybridized carbons (Fsp3) is 0.182. The van der Waals surface area contributed by atoms with Gasteiger partial charge in [0.2, 0.25) is 0 Å². The number of nitrogens with two attached hydrogens (primary N) is 1. The molecular formula is C11H10F3NO2. The maximum atomic E-state index is 13.0. The van der Waals surface area contributed by atoms with Crippen LogP contribution in [0.1, 0.15) is 11.1 Å². The zero-order chi connectivity index (χ0) is 13.1. The van der Waals surface area contributed by atoms with Crippen LogP contribution in [0.5, 0.6) is 0 Å². The highest BCUT2D eigenvalue weighted by Gasteiger charge is 2.31. The third-order valence-corrected chi connectivity index (χ3v) is 2.08. The summed E-state index contributed by atoms with van der Waals surface area (Å²) in [6.07, 6.45) is 1.85. The Bertz CT molecular complexity index is 458. The van der Waals surface area contributed by atoms with Crippen LogP contribution < -0.4 is 5.73 Å². The van der Waals surface area contributed by atoms with Crippen molar-refractivity contribution in [2.45, 2.75) is 5.92 Å². The van der Waals surface area contributed by atoms with Crippen molar-refractivity contribution in [3.63, 3.8) is 0 Å². The third kappa shape index (κ3) is 3.24. The number of aliphatic carboxylic acids is 1. The molecule has 1 aromatic rings. The van der Waals surface area contributed by atoms with Crippen LogP contribution in [0.15, 0.2) is 24.3 Å². The molecule has 0 heterocycles. The summed E-state index contributed by atoms with van der Waals surface area (Å²) in [5.41, 5.74) is 5.18. The van der Waals surface area contributed by atoms with Crippen LogP contribution in [0, 0.1) is 0 Å². The van der Waals surface area contributed by atoms with E-state index in [1.165, 1.54) is 6.07 Å². The molecule has 0 aliphatic heterocycles. The van der Waals surface area contributed by atoms with E-state index in [1.54, 1.807) is 0 Å². The van der Waals surface area contributed by atoms with Crippen LogP contribution in [0.25, 0.3) is 6.08 Å². The first-order valence-electron chi connectivity index (χ1n) is 4.61. The molecule has 0 unspecified atom stereocenters. The summed E-state index contributed by atoms with van der Waals surface area (Å²) in [6, 6.07) is 3.15. The van der Waals surface area contributed by atoms with Crippen molar-refractivity contribution >= 4 is 17.7 Å². The number of anilines is 1. The Kier molecular flexibility index (Phi) is 3.77. The van der Waals surface area contributed by atoms with Crippen LogP contribution in [0.2, 0.25) is 0 Å². The molecule has 0 saturated carbocycles. The highest BCUT2D eigenvalue weighted by Crippen LogP contribution is 2.30. The molecule has 3 N–H and O–H groups in total. The predicted octanol–water partition coefficient (Wildman–Crippen LogP) is 2.43. The minimum Gasteiger partial charge on any atom is -0.478 e.